The minimum absolute atomic E-state index is 0.243. The monoisotopic (exact) mass is 184 g/mol. The fraction of sp³-hybridized carbons (Fsp3) is 0.500. The molecule has 0 radical (unpaired) electrons. The average Bonchev–Trinajstić information content (AvgIpc) is 2.45. The van der Waals surface area contributed by atoms with Crippen LogP contribution < -0.4 is 0 Å². The summed E-state index contributed by atoms with van der Waals surface area (Å²) in [5.74, 6) is -0.0889. The lowest BCUT2D eigenvalue weighted by atomic mass is 10.3. The number of imidazole rings is 1. The molecule has 0 atom stereocenters. The van der Waals surface area contributed by atoms with Gasteiger partial charge in [0.15, 0.2) is 0 Å². The zero-order chi connectivity index (χ0) is 9.68. The van der Waals surface area contributed by atoms with Gasteiger partial charge >= 0.3 is 5.97 Å². The van der Waals surface area contributed by atoms with E-state index >= 15 is 0 Å². The Bertz CT molecular complexity index is 283. The van der Waals surface area contributed by atoms with Crippen LogP contribution in [0.5, 0.6) is 0 Å². The standard InChI is InChI=1S/C8H12N2O3/c1-6-9-4-7(10-6)2-3-13-5-8(11)12/h4H,2-3,5H2,1H3,(H,9,10)(H,11,12). The van der Waals surface area contributed by atoms with Gasteiger partial charge in [0.1, 0.15) is 12.4 Å². The first-order chi connectivity index (χ1) is 6.18. The summed E-state index contributed by atoms with van der Waals surface area (Å²) in [6.45, 7) is 2.02. The van der Waals surface area contributed by atoms with Crippen LogP contribution in [0.4, 0.5) is 0 Å². The maximum Gasteiger partial charge on any atom is 0.329 e. The first-order valence-corrected chi connectivity index (χ1v) is 3.98. The van der Waals surface area contributed by atoms with Gasteiger partial charge in [0.2, 0.25) is 0 Å². The number of carbonyl (C=O) groups is 1. The van der Waals surface area contributed by atoms with Gasteiger partial charge in [0.05, 0.1) is 6.61 Å². The summed E-state index contributed by atoms with van der Waals surface area (Å²) in [6.07, 6.45) is 2.38. The Morgan fingerprint density at radius 1 is 1.77 bits per heavy atom. The van der Waals surface area contributed by atoms with Crippen molar-refractivity contribution in [3.8, 4) is 0 Å². The number of aromatic amines is 1. The van der Waals surface area contributed by atoms with Gasteiger partial charge in [-0.05, 0) is 6.92 Å². The Labute approximate surface area is 75.8 Å². The Morgan fingerprint density at radius 2 is 2.54 bits per heavy atom. The van der Waals surface area contributed by atoms with Crippen LogP contribution in [0.25, 0.3) is 0 Å². The van der Waals surface area contributed by atoms with E-state index in [4.69, 9.17) is 9.84 Å². The zero-order valence-electron chi connectivity index (χ0n) is 7.41. The van der Waals surface area contributed by atoms with Gasteiger partial charge in [-0.1, -0.05) is 0 Å². The SMILES string of the molecule is Cc1ncc(CCOCC(=O)O)[nH]1. The summed E-state index contributed by atoms with van der Waals surface area (Å²) in [6, 6.07) is 0. The molecule has 0 aromatic carbocycles. The molecule has 0 bridgehead atoms. The van der Waals surface area contributed by atoms with Crippen molar-refractivity contribution in [1.82, 2.24) is 9.97 Å². The number of carboxylic acids is 1. The lowest BCUT2D eigenvalue weighted by Crippen LogP contribution is -2.09. The molecule has 5 nitrogen and oxygen atoms in total. The van der Waals surface area contributed by atoms with Crippen molar-refractivity contribution < 1.29 is 14.6 Å². The molecule has 13 heavy (non-hydrogen) atoms. The first-order valence-electron chi connectivity index (χ1n) is 3.98. The van der Waals surface area contributed by atoms with Crippen LogP contribution in [0, 0.1) is 6.92 Å². The van der Waals surface area contributed by atoms with Crippen LogP contribution >= 0.6 is 0 Å². The highest BCUT2D eigenvalue weighted by Crippen LogP contribution is 1.96. The van der Waals surface area contributed by atoms with E-state index in [1.165, 1.54) is 0 Å². The summed E-state index contributed by atoms with van der Waals surface area (Å²) >= 11 is 0. The lowest BCUT2D eigenvalue weighted by molar-refractivity contribution is -0.142. The number of aromatic nitrogens is 2. The molecule has 1 heterocycles. The minimum atomic E-state index is -0.944. The lowest BCUT2D eigenvalue weighted by Gasteiger charge is -1.98. The smallest absolute Gasteiger partial charge is 0.329 e. The van der Waals surface area contributed by atoms with Crippen LogP contribution in [0.2, 0.25) is 0 Å². The largest absolute Gasteiger partial charge is 0.480 e. The van der Waals surface area contributed by atoms with Gasteiger partial charge in [-0.25, -0.2) is 9.78 Å². The zero-order valence-corrected chi connectivity index (χ0v) is 7.41. The van der Waals surface area contributed by atoms with E-state index in [1.54, 1.807) is 6.20 Å². The number of carboxylic acid groups (broad SMARTS) is 1. The molecule has 0 fully saturated rings. The molecule has 1 aromatic rings. The molecular formula is C8H12N2O3. The van der Waals surface area contributed by atoms with Crippen molar-refractivity contribution in [1.29, 1.82) is 0 Å². The molecule has 0 aliphatic rings. The Kier molecular flexibility index (Phi) is 3.45. The number of nitrogens with zero attached hydrogens (tertiary/aromatic N) is 1. The van der Waals surface area contributed by atoms with Gasteiger partial charge in [0.25, 0.3) is 0 Å². The molecular weight excluding hydrogens is 172 g/mol. The summed E-state index contributed by atoms with van der Waals surface area (Å²) in [5, 5.41) is 8.27. The van der Waals surface area contributed by atoms with Crippen molar-refractivity contribution in [2.45, 2.75) is 13.3 Å². The fourth-order valence-electron chi connectivity index (χ4n) is 0.940. The number of hydrogen-bond acceptors (Lipinski definition) is 3. The number of ether oxygens (including phenoxy) is 1. The summed E-state index contributed by atoms with van der Waals surface area (Å²) in [4.78, 5) is 17.1. The topological polar surface area (TPSA) is 75.2 Å². The van der Waals surface area contributed by atoms with E-state index in [2.05, 4.69) is 9.97 Å². The second-order valence-electron chi connectivity index (χ2n) is 2.69. The number of aliphatic carboxylic acids is 1. The highest BCUT2D eigenvalue weighted by atomic mass is 16.5. The number of rotatable bonds is 5. The Morgan fingerprint density at radius 3 is 3.08 bits per heavy atom. The third-order valence-electron chi connectivity index (χ3n) is 1.50. The molecule has 0 spiro atoms. The van der Waals surface area contributed by atoms with E-state index in [0.29, 0.717) is 13.0 Å². The summed E-state index contributed by atoms with van der Waals surface area (Å²) in [7, 11) is 0. The van der Waals surface area contributed by atoms with E-state index in [-0.39, 0.29) is 6.61 Å². The van der Waals surface area contributed by atoms with Gasteiger partial charge < -0.3 is 14.8 Å². The normalized spacial score (nSPS) is 10.2. The molecule has 0 aliphatic heterocycles. The first kappa shape index (κ1) is 9.73. The van der Waals surface area contributed by atoms with E-state index < -0.39 is 5.97 Å². The van der Waals surface area contributed by atoms with Crippen LogP contribution in [0.1, 0.15) is 11.5 Å². The number of H-pyrrole nitrogens is 1. The van der Waals surface area contributed by atoms with Crippen LogP contribution in [0.3, 0.4) is 0 Å². The summed E-state index contributed by atoms with van der Waals surface area (Å²) in [5.41, 5.74) is 0.961. The molecule has 0 saturated carbocycles. The van der Waals surface area contributed by atoms with Crippen molar-refractivity contribution >= 4 is 5.97 Å². The average molecular weight is 184 g/mol. The Balaban J connectivity index is 2.16. The van der Waals surface area contributed by atoms with Gasteiger partial charge in [-0.15, -0.1) is 0 Å². The third kappa shape index (κ3) is 3.71. The number of aryl methyl sites for hydroxylation is 1. The van der Waals surface area contributed by atoms with Crippen LogP contribution in [0.15, 0.2) is 6.20 Å². The fourth-order valence-corrected chi connectivity index (χ4v) is 0.940. The summed E-state index contributed by atoms with van der Waals surface area (Å²) < 4.78 is 4.86. The van der Waals surface area contributed by atoms with Crippen molar-refractivity contribution in [3.05, 3.63) is 17.7 Å². The molecule has 5 heteroatoms. The second-order valence-corrected chi connectivity index (χ2v) is 2.69. The predicted molar refractivity (Wildman–Crippen MR) is 45.5 cm³/mol. The molecule has 1 rings (SSSR count). The van der Waals surface area contributed by atoms with Crippen molar-refractivity contribution in [2.24, 2.45) is 0 Å². The van der Waals surface area contributed by atoms with Crippen molar-refractivity contribution in [2.75, 3.05) is 13.2 Å². The Hall–Kier alpha value is -1.36. The van der Waals surface area contributed by atoms with Gasteiger partial charge in [-0.2, -0.15) is 0 Å². The molecule has 0 saturated heterocycles. The van der Waals surface area contributed by atoms with Crippen LogP contribution in [-0.4, -0.2) is 34.3 Å². The highest BCUT2D eigenvalue weighted by molar-refractivity contribution is 5.67. The molecule has 0 unspecified atom stereocenters. The molecule has 2 N–H and O–H groups in total. The number of nitrogens with one attached hydrogen (secondary N) is 1. The van der Waals surface area contributed by atoms with E-state index in [1.807, 2.05) is 6.92 Å². The highest BCUT2D eigenvalue weighted by Gasteiger charge is 1.98. The van der Waals surface area contributed by atoms with E-state index in [9.17, 15) is 4.79 Å². The molecule has 72 valence electrons. The maximum atomic E-state index is 10.1. The minimum Gasteiger partial charge on any atom is -0.480 e. The molecule has 0 aliphatic carbocycles. The predicted octanol–water partition coefficient (Wildman–Crippen LogP) is 0.362. The third-order valence-corrected chi connectivity index (χ3v) is 1.50. The van der Waals surface area contributed by atoms with Gasteiger partial charge in [0, 0.05) is 18.3 Å². The van der Waals surface area contributed by atoms with Crippen molar-refractivity contribution in [3.63, 3.8) is 0 Å². The van der Waals surface area contributed by atoms with Gasteiger partial charge in [-0.3, -0.25) is 0 Å². The van der Waals surface area contributed by atoms with Crippen LogP contribution in [-0.2, 0) is 16.0 Å². The second kappa shape index (κ2) is 4.61. The molecule has 1 aromatic heterocycles. The quantitative estimate of drug-likeness (QED) is 0.648. The number of hydrogen-bond donors (Lipinski definition) is 2. The van der Waals surface area contributed by atoms with E-state index in [0.717, 1.165) is 11.5 Å². The molecule has 0 amide bonds. The maximum absolute atomic E-state index is 10.1.